The molecule has 1 aromatic carbocycles. The van der Waals surface area contributed by atoms with Crippen LogP contribution in [0.4, 0.5) is 5.69 Å². The van der Waals surface area contributed by atoms with Crippen molar-refractivity contribution in [3.05, 3.63) is 52.8 Å². The SMILES string of the molecule is COc1ccc(Cl)c(NC(=O)c2ccnc(C(=O)O)c2)c1. The summed E-state index contributed by atoms with van der Waals surface area (Å²) in [5.41, 5.74) is 0.329. The van der Waals surface area contributed by atoms with Crippen molar-refractivity contribution in [3.8, 4) is 5.75 Å². The van der Waals surface area contributed by atoms with Crippen LogP contribution in [-0.4, -0.2) is 29.1 Å². The summed E-state index contributed by atoms with van der Waals surface area (Å²) >= 11 is 5.99. The topological polar surface area (TPSA) is 88.5 Å². The van der Waals surface area contributed by atoms with Gasteiger partial charge in [0, 0.05) is 17.8 Å². The Morgan fingerprint density at radius 2 is 2.05 bits per heavy atom. The van der Waals surface area contributed by atoms with Gasteiger partial charge in [-0.05, 0) is 24.3 Å². The number of pyridine rings is 1. The third kappa shape index (κ3) is 3.49. The van der Waals surface area contributed by atoms with E-state index in [1.54, 1.807) is 18.2 Å². The maximum Gasteiger partial charge on any atom is 0.354 e. The first-order valence-electron chi connectivity index (χ1n) is 5.85. The van der Waals surface area contributed by atoms with Crippen molar-refractivity contribution >= 4 is 29.2 Å². The van der Waals surface area contributed by atoms with E-state index in [4.69, 9.17) is 21.4 Å². The van der Waals surface area contributed by atoms with Crippen LogP contribution in [0.3, 0.4) is 0 Å². The number of halogens is 1. The van der Waals surface area contributed by atoms with Gasteiger partial charge in [-0.1, -0.05) is 11.6 Å². The number of carboxylic acid groups (broad SMARTS) is 1. The van der Waals surface area contributed by atoms with Crippen LogP contribution in [0, 0.1) is 0 Å². The summed E-state index contributed by atoms with van der Waals surface area (Å²) in [6.45, 7) is 0. The van der Waals surface area contributed by atoms with Crippen molar-refractivity contribution in [2.75, 3.05) is 12.4 Å². The number of nitrogens with zero attached hydrogens (tertiary/aromatic N) is 1. The molecular formula is C14H11ClN2O4. The zero-order chi connectivity index (χ0) is 15.4. The number of hydrogen-bond acceptors (Lipinski definition) is 4. The van der Waals surface area contributed by atoms with Crippen molar-refractivity contribution in [1.82, 2.24) is 4.98 Å². The summed E-state index contributed by atoms with van der Waals surface area (Å²) in [5.74, 6) is -1.16. The molecule has 0 aliphatic heterocycles. The lowest BCUT2D eigenvalue weighted by Gasteiger charge is -2.09. The number of ether oxygens (including phenoxy) is 1. The first kappa shape index (κ1) is 14.8. The lowest BCUT2D eigenvalue weighted by atomic mass is 10.2. The van der Waals surface area contributed by atoms with E-state index in [0.29, 0.717) is 16.5 Å². The zero-order valence-corrected chi connectivity index (χ0v) is 11.7. The van der Waals surface area contributed by atoms with Crippen LogP contribution in [0.1, 0.15) is 20.8 Å². The summed E-state index contributed by atoms with van der Waals surface area (Å²) in [6.07, 6.45) is 1.26. The number of aromatic nitrogens is 1. The molecule has 0 saturated heterocycles. The van der Waals surface area contributed by atoms with Crippen LogP contribution in [-0.2, 0) is 0 Å². The Labute approximate surface area is 125 Å². The number of anilines is 1. The first-order valence-corrected chi connectivity index (χ1v) is 6.23. The lowest BCUT2D eigenvalue weighted by Crippen LogP contribution is -2.13. The number of carboxylic acids is 1. The zero-order valence-electron chi connectivity index (χ0n) is 11.0. The van der Waals surface area contributed by atoms with E-state index in [-0.39, 0.29) is 11.3 Å². The number of benzene rings is 1. The molecule has 0 radical (unpaired) electrons. The molecule has 0 spiro atoms. The summed E-state index contributed by atoms with van der Waals surface area (Å²) in [4.78, 5) is 26.6. The second-order valence-corrected chi connectivity index (χ2v) is 4.44. The summed E-state index contributed by atoms with van der Waals surface area (Å²) < 4.78 is 5.05. The minimum Gasteiger partial charge on any atom is -0.497 e. The molecule has 2 N–H and O–H groups in total. The van der Waals surface area contributed by atoms with Crippen LogP contribution in [0.5, 0.6) is 5.75 Å². The molecule has 0 aliphatic rings. The molecule has 6 nitrogen and oxygen atoms in total. The monoisotopic (exact) mass is 306 g/mol. The van der Waals surface area contributed by atoms with E-state index >= 15 is 0 Å². The Balaban J connectivity index is 2.25. The van der Waals surface area contributed by atoms with Crippen LogP contribution in [0.25, 0.3) is 0 Å². The molecule has 0 fully saturated rings. The molecule has 1 aromatic heterocycles. The van der Waals surface area contributed by atoms with Gasteiger partial charge in [0.25, 0.3) is 5.91 Å². The third-order valence-corrected chi connectivity index (χ3v) is 2.99. The molecule has 2 rings (SSSR count). The second kappa shape index (κ2) is 6.23. The molecule has 0 unspecified atom stereocenters. The third-order valence-electron chi connectivity index (χ3n) is 2.66. The fourth-order valence-electron chi connectivity index (χ4n) is 1.61. The Morgan fingerprint density at radius 1 is 1.29 bits per heavy atom. The Kier molecular flexibility index (Phi) is 4.39. The normalized spacial score (nSPS) is 10.0. The van der Waals surface area contributed by atoms with Crippen molar-refractivity contribution in [3.63, 3.8) is 0 Å². The number of hydrogen-bond donors (Lipinski definition) is 2. The highest BCUT2D eigenvalue weighted by atomic mass is 35.5. The summed E-state index contributed by atoms with van der Waals surface area (Å²) in [7, 11) is 1.50. The average Bonchev–Trinajstić information content (AvgIpc) is 2.49. The lowest BCUT2D eigenvalue weighted by molar-refractivity contribution is 0.0690. The van der Waals surface area contributed by atoms with Gasteiger partial charge in [0.1, 0.15) is 11.4 Å². The fraction of sp³-hybridized carbons (Fsp3) is 0.0714. The average molecular weight is 307 g/mol. The van der Waals surface area contributed by atoms with Gasteiger partial charge in [-0.3, -0.25) is 4.79 Å². The molecule has 108 valence electrons. The molecule has 0 bridgehead atoms. The minimum atomic E-state index is -1.20. The first-order chi connectivity index (χ1) is 10.0. The second-order valence-electron chi connectivity index (χ2n) is 4.03. The number of aromatic carboxylic acids is 1. The summed E-state index contributed by atoms with van der Waals surface area (Å²) in [5, 5.41) is 11.8. The van der Waals surface area contributed by atoms with Gasteiger partial charge >= 0.3 is 5.97 Å². The van der Waals surface area contributed by atoms with E-state index < -0.39 is 11.9 Å². The quantitative estimate of drug-likeness (QED) is 0.906. The van der Waals surface area contributed by atoms with Gasteiger partial charge in [-0.15, -0.1) is 0 Å². The molecule has 0 saturated carbocycles. The van der Waals surface area contributed by atoms with Gasteiger partial charge in [0.15, 0.2) is 0 Å². The maximum atomic E-state index is 12.1. The van der Waals surface area contributed by atoms with Crippen molar-refractivity contribution in [1.29, 1.82) is 0 Å². The molecule has 0 atom stereocenters. The highest BCUT2D eigenvalue weighted by Crippen LogP contribution is 2.27. The summed E-state index contributed by atoms with van der Waals surface area (Å²) in [6, 6.07) is 7.42. The molecule has 21 heavy (non-hydrogen) atoms. The van der Waals surface area contributed by atoms with E-state index in [1.165, 1.54) is 25.4 Å². The van der Waals surface area contributed by atoms with E-state index in [9.17, 15) is 9.59 Å². The van der Waals surface area contributed by atoms with Gasteiger partial charge < -0.3 is 15.2 Å². The number of nitrogens with one attached hydrogen (secondary N) is 1. The van der Waals surface area contributed by atoms with E-state index in [1.807, 2.05) is 0 Å². The Hall–Kier alpha value is -2.60. The fourth-order valence-corrected chi connectivity index (χ4v) is 1.78. The van der Waals surface area contributed by atoms with Gasteiger partial charge in [-0.25, -0.2) is 9.78 Å². The predicted octanol–water partition coefficient (Wildman–Crippen LogP) is 2.69. The Bertz CT molecular complexity index is 703. The highest BCUT2D eigenvalue weighted by molar-refractivity contribution is 6.34. The molecule has 2 aromatic rings. The van der Waals surface area contributed by atoms with Gasteiger partial charge in [0.2, 0.25) is 0 Å². The number of carbonyl (C=O) groups excluding carboxylic acids is 1. The van der Waals surface area contributed by atoms with E-state index in [2.05, 4.69) is 10.3 Å². The standard InChI is InChI=1S/C14H11ClN2O4/c1-21-9-2-3-10(15)11(7-9)17-13(18)8-4-5-16-12(6-8)14(19)20/h2-7H,1H3,(H,17,18)(H,19,20). The number of methoxy groups -OCH3 is 1. The van der Waals surface area contributed by atoms with E-state index in [0.717, 1.165) is 0 Å². The van der Waals surface area contributed by atoms with Crippen molar-refractivity contribution in [2.24, 2.45) is 0 Å². The maximum absolute atomic E-state index is 12.1. The number of rotatable bonds is 4. The van der Waals surface area contributed by atoms with Gasteiger partial charge in [0.05, 0.1) is 17.8 Å². The molecule has 0 aliphatic carbocycles. The van der Waals surface area contributed by atoms with Gasteiger partial charge in [-0.2, -0.15) is 0 Å². The van der Waals surface area contributed by atoms with Crippen LogP contribution in [0.2, 0.25) is 5.02 Å². The Morgan fingerprint density at radius 3 is 2.71 bits per heavy atom. The highest BCUT2D eigenvalue weighted by Gasteiger charge is 2.12. The number of amides is 1. The molecule has 1 heterocycles. The van der Waals surface area contributed by atoms with Crippen molar-refractivity contribution in [2.45, 2.75) is 0 Å². The molecular weight excluding hydrogens is 296 g/mol. The van der Waals surface area contributed by atoms with Crippen LogP contribution < -0.4 is 10.1 Å². The van der Waals surface area contributed by atoms with Crippen LogP contribution >= 0.6 is 11.6 Å². The smallest absolute Gasteiger partial charge is 0.354 e. The number of carbonyl (C=O) groups is 2. The largest absolute Gasteiger partial charge is 0.497 e. The predicted molar refractivity (Wildman–Crippen MR) is 77.2 cm³/mol. The molecule has 1 amide bonds. The molecule has 7 heteroatoms. The van der Waals surface area contributed by atoms with Crippen molar-refractivity contribution < 1.29 is 19.4 Å². The minimum absolute atomic E-state index is 0.168. The van der Waals surface area contributed by atoms with Crippen LogP contribution in [0.15, 0.2) is 36.5 Å².